The number of halogens is 1. The highest BCUT2D eigenvalue weighted by atomic mass is 127. The third kappa shape index (κ3) is 3.32. The number of rotatable bonds is 3. The molecule has 0 fully saturated rings. The number of carbonyl (C=O) groups is 1. The average Bonchev–Trinajstić information content (AvgIpc) is 3.07. The van der Waals surface area contributed by atoms with Crippen LogP contribution in [0.5, 0.6) is 0 Å². The molecule has 0 aliphatic carbocycles. The Balaban J connectivity index is 1.67. The van der Waals surface area contributed by atoms with Crippen molar-refractivity contribution in [3.05, 3.63) is 81.8 Å². The molecule has 2 aromatic carbocycles. The molecule has 0 aliphatic rings. The molecular formula is C20H15IN4O. The van der Waals surface area contributed by atoms with Crippen molar-refractivity contribution in [3.63, 3.8) is 0 Å². The SMILES string of the molecule is Cc1ccc(-c2cn3cccnc3n2)cc1NC(=O)c1cccc(I)c1. The van der Waals surface area contributed by atoms with E-state index in [-0.39, 0.29) is 5.91 Å². The Morgan fingerprint density at radius 3 is 2.85 bits per heavy atom. The summed E-state index contributed by atoms with van der Waals surface area (Å²) in [5.41, 5.74) is 4.15. The van der Waals surface area contributed by atoms with Gasteiger partial charge in [0.2, 0.25) is 5.78 Å². The lowest BCUT2D eigenvalue weighted by Crippen LogP contribution is -2.13. The van der Waals surface area contributed by atoms with Gasteiger partial charge in [0, 0.05) is 39.0 Å². The minimum atomic E-state index is -0.125. The molecule has 2 aromatic heterocycles. The van der Waals surface area contributed by atoms with Gasteiger partial charge >= 0.3 is 0 Å². The average molecular weight is 454 g/mol. The van der Waals surface area contributed by atoms with E-state index in [1.165, 1.54) is 0 Å². The highest BCUT2D eigenvalue weighted by Crippen LogP contribution is 2.25. The molecule has 4 aromatic rings. The van der Waals surface area contributed by atoms with E-state index >= 15 is 0 Å². The van der Waals surface area contributed by atoms with Crippen LogP contribution >= 0.6 is 22.6 Å². The summed E-state index contributed by atoms with van der Waals surface area (Å²) in [6, 6.07) is 15.3. The van der Waals surface area contributed by atoms with Crippen LogP contribution in [0.15, 0.2) is 67.1 Å². The van der Waals surface area contributed by atoms with E-state index in [9.17, 15) is 4.79 Å². The van der Waals surface area contributed by atoms with Gasteiger partial charge in [0.15, 0.2) is 0 Å². The lowest BCUT2D eigenvalue weighted by molar-refractivity contribution is 0.102. The second-order valence-electron chi connectivity index (χ2n) is 5.95. The summed E-state index contributed by atoms with van der Waals surface area (Å²) in [5.74, 6) is 0.521. The van der Waals surface area contributed by atoms with Crippen molar-refractivity contribution in [2.45, 2.75) is 6.92 Å². The second-order valence-corrected chi connectivity index (χ2v) is 7.19. The highest BCUT2D eigenvalue weighted by molar-refractivity contribution is 14.1. The monoisotopic (exact) mass is 454 g/mol. The molecule has 0 unspecified atom stereocenters. The molecule has 1 N–H and O–H groups in total. The maximum atomic E-state index is 12.6. The fourth-order valence-electron chi connectivity index (χ4n) is 2.71. The lowest BCUT2D eigenvalue weighted by atomic mass is 10.1. The van der Waals surface area contributed by atoms with E-state index in [0.717, 1.165) is 26.1 Å². The number of imidazole rings is 1. The van der Waals surface area contributed by atoms with Crippen LogP contribution in [-0.4, -0.2) is 20.3 Å². The number of nitrogens with zero attached hydrogens (tertiary/aromatic N) is 3. The van der Waals surface area contributed by atoms with E-state index in [1.54, 1.807) is 6.20 Å². The molecule has 4 rings (SSSR count). The molecule has 26 heavy (non-hydrogen) atoms. The summed E-state index contributed by atoms with van der Waals surface area (Å²) in [6.07, 6.45) is 5.55. The minimum absolute atomic E-state index is 0.125. The second kappa shape index (κ2) is 6.87. The van der Waals surface area contributed by atoms with Crippen LogP contribution in [0.3, 0.4) is 0 Å². The number of hydrogen-bond donors (Lipinski definition) is 1. The first-order valence-electron chi connectivity index (χ1n) is 8.08. The largest absolute Gasteiger partial charge is 0.322 e. The summed E-state index contributed by atoms with van der Waals surface area (Å²) in [4.78, 5) is 21.3. The number of nitrogens with one attached hydrogen (secondary N) is 1. The van der Waals surface area contributed by atoms with Gasteiger partial charge in [0.25, 0.3) is 5.91 Å². The molecule has 1 amide bonds. The lowest BCUT2D eigenvalue weighted by Gasteiger charge is -2.10. The zero-order chi connectivity index (χ0) is 18.1. The van der Waals surface area contributed by atoms with Gasteiger partial charge in [0.1, 0.15) is 0 Å². The molecule has 0 aliphatic heterocycles. The summed E-state index contributed by atoms with van der Waals surface area (Å²) in [6.45, 7) is 1.97. The summed E-state index contributed by atoms with van der Waals surface area (Å²) in [5, 5.41) is 3.01. The topological polar surface area (TPSA) is 59.3 Å². The number of benzene rings is 2. The van der Waals surface area contributed by atoms with Gasteiger partial charge in [-0.3, -0.25) is 9.20 Å². The zero-order valence-corrected chi connectivity index (χ0v) is 16.1. The molecule has 5 nitrogen and oxygen atoms in total. The van der Waals surface area contributed by atoms with Gasteiger partial charge in [-0.05, 0) is 65.4 Å². The molecule has 0 saturated heterocycles. The summed E-state index contributed by atoms with van der Waals surface area (Å²) in [7, 11) is 0. The van der Waals surface area contributed by atoms with Crippen LogP contribution in [0, 0.1) is 10.5 Å². The molecule has 0 spiro atoms. The van der Waals surface area contributed by atoms with Crippen molar-refractivity contribution in [1.29, 1.82) is 0 Å². The third-order valence-electron chi connectivity index (χ3n) is 4.10. The molecule has 6 heteroatoms. The first-order chi connectivity index (χ1) is 12.6. The molecular weight excluding hydrogens is 439 g/mol. The Hall–Kier alpha value is -2.74. The highest BCUT2D eigenvalue weighted by Gasteiger charge is 2.11. The van der Waals surface area contributed by atoms with Crippen LogP contribution in [0.25, 0.3) is 17.0 Å². The number of anilines is 1. The number of amides is 1. The zero-order valence-electron chi connectivity index (χ0n) is 14.0. The van der Waals surface area contributed by atoms with Gasteiger partial charge in [-0.25, -0.2) is 9.97 Å². The smallest absolute Gasteiger partial charge is 0.255 e. The molecule has 0 saturated carbocycles. The Labute approximate surface area is 164 Å². The maximum Gasteiger partial charge on any atom is 0.255 e. The third-order valence-corrected chi connectivity index (χ3v) is 4.77. The van der Waals surface area contributed by atoms with Crippen molar-refractivity contribution in [1.82, 2.24) is 14.4 Å². The minimum Gasteiger partial charge on any atom is -0.322 e. The fourth-order valence-corrected chi connectivity index (χ4v) is 3.25. The Morgan fingerprint density at radius 2 is 2.04 bits per heavy atom. The van der Waals surface area contributed by atoms with Crippen LogP contribution < -0.4 is 5.32 Å². The molecule has 2 heterocycles. The number of carbonyl (C=O) groups excluding carboxylic acids is 1. The van der Waals surface area contributed by atoms with E-state index in [4.69, 9.17) is 0 Å². The van der Waals surface area contributed by atoms with Gasteiger partial charge in [0.05, 0.1) is 5.69 Å². The number of hydrogen-bond acceptors (Lipinski definition) is 3. The van der Waals surface area contributed by atoms with Crippen molar-refractivity contribution in [3.8, 4) is 11.3 Å². The number of aryl methyl sites for hydroxylation is 1. The predicted octanol–water partition coefficient (Wildman–Crippen LogP) is 4.56. The maximum absolute atomic E-state index is 12.6. The van der Waals surface area contributed by atoms with E-state index in [0.29, 0.717) is 11.3 Å². The van der Waals surface area contributed by atoms with Gasteiger partial charge in [-0.15, -0.1) is 0 Å². The first kappa shape index (κ1) is 16.7. The van der Waals surface area contributed by atoms with Crippen LogP contribution in [0.2, 0.25) is 0 Å². The van der Waals surface area contributed by atoms with Crippen LogP contribution in [0.1, 0.15) is 15.9 Å². The Morgan fingerprint density at radius 1 is 1.15 bits per heavy atom. The van der Waals surface area contributed by atoms with Gasteiger partial charge in [-0.1, -0.05) is 18.2 Å². The van der Waals surface area contributed by atoms with Gasteiger partial charge in [-0.2, -0.15) is 0 Å². The first-order valence-corrected chi connectivity index (χ1v) is 9.16. The van der Waals surface area contributed by atoms with E-state index < -0.39 is 0 Å². The van der Waals surface area contributed by atoms with Crippen molar-refractivity contribution in [2.24, 2.45) is 0 Å². The quantitative estimate of drug-likeness (QED) is 0.462. The van der Waals surface area contributed by atoms with E-state index in [2.05, 4.69) is 37.9 Å². The summed E-state index contributed by atoms with van der Waals surface area (Å²) < 4.78 is 2.90. The van der Waals surface area contributed by atoms with Crippen molar-refractivity contribution < 1.29 is 4.79 Å². The van der Waals surface area contributed by atoms with E-state index in [1.807, 2.05) is 72.2 Å². The normalized spacial score (nSPS) is 10.8. The molecule has 0 bridgehead atoms. The van der Waals surface area contributed by atoms with Crippen molar-refractivity contribution >= 4 is 40.0 Å². The van der Waals surface area contributed by atoms with Gasteiger partial charge < -0.3 is 5.32 Å². The Bertz CT molecular complexity index is 1090. The summed E-state index contributed by atoms with van der Waals surface area (Å²) >= 11 is 2.20. The number of aromatic nitrogens is 3. The molecule has 128 valence electrons. The number of fused-ring (bicyclic) bond motifs is 1. The molecule has 0 radical (unpaired) electrons. The predicted molar refractivity (Wildman–Crippen MR) is 110 cm³/mol. The Kier molecular flexibility index (Phi) is 4.42. The van der Waals surface area contributed by atoms with Crippen molar-refractivity contribution in [2.75, 3.05) is 5.32 Å². The molecule has 0 atom stereocenters. The van der Waals surface area contributed by atoms with Crippen LogP contribution in [-0.2, 0) is 0 Å². The fraction of sp³-hybridized carbons (Fsp3) is 0.0500. The standard InChI is InChI=1S/C20H15IN4O/c1-13-6-7-14(18-12-25-9-3-8-22-20(25)24-18)11-17(13)23-19(26)15-4-2-5-16(21)10-15/h2-12H,1H3,(H,23,26). The van der Waals surface area contributed by atoms with Crippen LogP contribution in [0.4, 0.5) is 5.69 Å².